The zero-order valence-corrected chi connectivity index (χ0v) is 19.9. The maximum absolute atomic E-state index is 13.0. The summed E-state index contributed by atoms with van der Waals surface area (Å²) in [6, 6.07) is 10.1. The minimum absolute atomic E-state index is 0.118. The maximum atomic E-state index is 13.0. The topological polar surface area (TPSA) is 110 Å². The molecule has 0 aliphatic carbocycles. The second kappa shape index (κ2) is 9.48. The molecule has 1 aliphatic rings. The summed E-state index contributed by atoms with van der Waals surface area (Å²) in [6.45, 7) is 6.42. The van der Waals surface area contributed by atoms with Crippen molar-refractivity contribution in [1.82, 2.24) is 19.2 Å². The van der Waals surface area contributed by atoms with Gasteiger partial charge in [-0.1, -0.05) is 36.3 Å². The molecular weight excluding hydrogens is 442 g/mol. The highest BCUT2D eigenvalue weighted by molar-refractivity contribution is 7.89. The van der Waals surface area contributed by atoms with Gasteiger partial charge in [0.05, 0.1) is 12.7 Å². The lowest BCUT2D eigenvalue weighted by Gasteiger charge is -2.30. The van der Waals surface area contributed by atoms with E-state index in [2.05, 4.69) is 46.8 Å². The Kier molecular flexibility index (Phi) is 6.66. The largest absolute Gasteiger partial charge is 0.360 e. The first-order valence-electron chi connectivity index (χ1n) is 11.1. The van der Waals surface area contributed by atoms with Gasteiger partial charge in [-0.05, 0) is 44.2 Å². The lowest BCUT2D eigenvalue weighted by molar-refractivity contribution is -0.121. The van der Waals surface area contributed by atoms with Crippen LogP contribution in [0.3, 0.4) is 0 Å². The summed E-state index contributed by atoms with van der Waals surface area (Å²) in [4.78, 5) is 13.0. The highest BCUT2D eigenvalue weighted by atomic mass is 32.2. The van der Waals surface area contributed by atoms with Gasteiger partial charge in [-0.25, -0.2) is 13.1 Å². The van der Waals surface area contributed by atoms with Crippen molar-refractivity contribution in [2.75, 3.05) is 18.4 Å². The molecule has 1 aliphatic heterocycles. The average Bonchev–Trinajstić information content (AvgIpc) is 3.39. The van der Waals surface area contributed by atoms with E-state index in [1.807, 2.05) is 0 Å². The van der Waals surface area contributed by atoms with Crippen LogP contribution in [0.2, 0.25) is 0 Å². The summed E-state index contributed by atoms with van der Waals surface area (Å²) >= 11 is 0. The summed E-state index contributed by atoms with van der Waals surface area (Å²) in [7, 11) is -3.69. The first-order valence-corrected chi connectivity index (χ1v) is 12.6. The van der Waals surface area contributed by atoms with Crippen LogP contribution in [-0.2, 0) is 27.8 Å². The molecule has 9 nitrogen and oxygen atoms in total. The van der Waals surface area contributed by atoms with E-state index in [0.717, 1.165) is 12.0 Å². The van der Waals surface area contributed by atoms with E-state index >= 15 is 0 Å². The van der Waals surface area contributed by atoms with Crippen LogP contribution < -0.4 is 5.32 Å². The normalized spacial score (nSPS) is 15.6. The zero-order chi connectivity index (χ0) is 23.6. The first-order chi connectivity index (χ1) is 15.8. The minimum Gasteiger partial charge on any atom is -0.360 e. The van der Waals surface area contributed by atoms with Crippen LogP contribution in [-0.4, -0.2) is 46.7 Å². The maximum Gasteiger partial charge on any atom is 0.248 e. The van der Waals surface area contributed by atoms with Crippen LogP contribution in [0.15, 0.2) is 45.9 Å². The van der Waals surface area contributed by atoms with Gasteiger partial charge in [0.25, 0.3) is 0 Å². The van der Waals surface area contributed by atoms with Crippen molar-refractivity contribution in [2.24, 2.45) is 5.92 Å². The smallest absolute Gasteiger partial charge is 0.248 e. The van der Waals surface area contributed by atoms with Crippen molar-refractivity contribution in [3.63, 3.8) is 0 Å². The quantitative estimate of drug-likeness (QED) is 0.567. The van der Waals surface area contributed by atoms with E-state index < -0.39 is 10.0 Å². The van der Waals surface area contributed by atoms with Gasteiger partial charge in [0.2, 0.25) is 15.9 Å². The number of nitrogens with zero attached hydrogens (tertiary/aromatic N) is 4. The molecule has 1 N–H and O–H groups in total. The van der Waals surface area contributed by atoms with Gasteiger partial charge in [-0.2, -0.15) is 9.40 Å². The summed E-state index contributed by atoms with van der Waals surface area (Å²) in [5, 5.41) is 11.1. The van der Waals surface area contributed by atoms with E-state index in [9.17, 15) is 13.2 Å². The first kappa shape index (κ1) is 23.2. The van der Waals surface area contributed by atoms with E-state index in [1.54, 1.807) is 30.8 Å². The van der Waals surface area contributed by atoms with Crippen molar-refractivity contribution < 1.29 is 17.7 Å². The Morgan fingerprint density at radius 1 is 1.12 bits per heavy atom. The molecule has 176 valence electrons. The predicted octanol–water partition coefficient (Wildman–Crippen LogP) is 3.14. The number of benzene rings is 1. The number of sulfonamides is 1. The Morgan fingerprint density at radius 2 is 1.79 bits per heavy atom. The van der Waals surface area contributed by atoms with Gasteiger partial charge in [-0.15, -0.1) is 0 Å². The van der Waals surface area contributed by atoms with Crippen molar-refractivity contribution in [1.29, 1.82) is 0 Å². The molecule has 0 unspecified atom stereocenters. The molecule has 1 fully saturated rings. The standard InChI is InChI=1S/C23H29N5O4S/c1-4-18-5-7-19(8-6-18)15-28-21(9-12-24-28)25-23(29)20-10-13-27(14-11-20)33(30,31)22-16(2)26-32-17(22)3/h5-9,12,20H,4,10-11,13-15H2,1-3H3,(H,25,29). The number of carbonyl (C=O) groups is 1. The van der Waals surface area contributed by atoms with Gasteiger partial charge in [-0.3, -0.25) is 4.79 Å². The number of aryl methyl sites for hydroxylation is 3. The van der Waals surface area contributed by atoms with E-state index in [0.29, 0.717) is 30.9 Å². The predicted molar refractivity (Wildman–Crippen MR) is 123 cm³/mol. The Bertz CT molecular complexity index is 1200. The number of piperidine rings is 1. The molecule has 0 atom stereocenters. The Morgan fingerprint density at radius 3 is 2.39 bits per heavy atom. The lowest BCUT2D eigenvalue weighted by atomic mass is 9.97. The van der Waals surface area contributed by atoms with Crippen LogP contribution >= 0.6 is 0 Å². The molecule has 4 rings (SSSR count). The number of hydrogen-bond donors (Lipinski definition) is 1. The van der Waals surface area contributed by atoms with Crippen LogP contribution in [0, 0.1) is 19.8 Å². The molecule has 0 radical (unpaired) electrons. The molecule has 0 saturated carbocycles. The monoisotopic (exact) mass is 471 g/mol. The van der Waals surface area contributed by atoms with E-state index in [-0.39, 0.29) is 35.6 Å². The minimum atomic E-state index is -3.69. The number of hydrogen-bond acceptors (Lipinski definition) is 6. The number of carbonyl (C=O) groups excluding carboxylic acids is 1. The fourth-order valence-electron chi connectivity index (χ4n) is 4.18. The van der Waals surface area contributed by atoms with Crippen molar-refractivity contribution >= 4 is 21.7 Å². The second-order valence-electron chi connectivity index (χ2n) is 8.37. The molecule has 3 heterocycles. The van der Waals surface area contributed by atoms with Gasteiger partial charge >= 0.3 is 0 Å². The third-order valence-electron chi connectivity index (χ3n) is 6.12. The third kappa shape index (κ3) is 4.86. The van der Waals surface area contributed by atoms with Crippen molar-refractivity contribution in [2.45, 2.75) is 51.5 Å². The number of rotatable bonds is 7. The number of nitrogens with one attached hydrogen (secondary N) is 1. The van der Waals surface area contributed by atoms with E-state index in [1.165, 1.54) is 9.87 Å². The highest BCUT2D eigenvalue weighted by Crippen LogP contribution is 2.28. The summed E-state index contributed by atoms with van der Waals surface area (Å²) in [6.07, 6.45) is 3.54. The van der Waals surface area contributed by atoms with Gasteiger partial charge in [0, 0.05) is 25.1 Å². The van der Waals surface area contributed by atoms with Crippen LogP contribution in [0.4, 0.5) is 5.82 Å². The Hall–Kier alpha value is -2.98. The summed E-state index contributed by atoms with van der Waals surface area (Å²) in [5.74, 6) is 0.524. The van der Waals surface area contributed by atoms with Gasteiger partial charge in [0.1, 0.15) is 16.4 Å². The molecule has 0 spiro atoms. The van der Waals surface area contributed by atoms with Crippen LogP contribution in [0.25, 0.3) is 0 Å². The fraction of sp³-hybridized carbons (Fsp3) is 0.435. The van der Waals surface area contributed by atoms with Gasteiger partial charge < -0.3 is 9.84 Å². The Balaban J connectivity index is 1.37. The zero-order valence-electron chi connectivity index (χ0n) is 19.1. The average molecular weight is 472 g/mol. The molecule has 1 amide bonds. The number of amides is 1. The van der Waals surface area contributed by atoms with Crippen molar-refractivity contribution in [3.05, 3.63) is 59.1 Å². The second-order valence-corrected chi connectivity index (χ2v) is 10.2. The van der Waals surface area contributed by atoms with Crippen LogP contribution in [0.5, 0.6) is 0 Å². The molecule has 2 aromatic heterocycles. The SMILES string of the molecule is CCc1ccc(Cn2nccc2NC(=O)C2CCN(S(=O)(=O)c3c(C)noc3C)CC2)cc1. The molecule has 10 heteroatoms. The molecule has 1 saturated heterocycles. The van der Waals surface area contributed by atoms with Crippen LogP contribution in [0.1, 0.15) is 42.3 Å². The Labute approximate surface area is 193 Å². The van der Waals surface area contributed by atoms with E-state index in [4.69, 9.17) is 4.52 Å². The molecule has 1 aromatic carbocycles. The van der Waals surface area contributed by atoms with Crippen molar-refractivity contribution in [3.8, 4) is 0 Å². The number of anilines is 1. The number of aromatic nitrogens is 3. The fourth-order valence-corrected chi connectivity index (χ4v) is 5.94. The summed E-state index contributed by atoms with van der Waals surface area (Å²) in [5.41, 5.74) is 2.73. The lowest BCUT2D eigenvalue weighted by Crippen LogP contribution is -2.41. The van der Waals surface area contributed by atoms with Gasteiger partial charge in [0.15, 0.2) is 5.76 Å². The molecule has 0 bridgehead atoms. The molecular formula is C23H29N5O4S. The third-order valence-corrected chi connectivity index (χ3v) is 8.27. The molecule has 3 aromatic rings. The highest BCUT2D eigenvalue weighted by Gasteiger charge is 2.35. The molecule has 33 heavy (non-hydrogen) atoms. The summed E-state index contributed by atoms with van der Waals surface area (Å²) < 4.78 is 34.2.